The van der Waals surface area contributed by atoms with Crippen LogP contribution in [0.3, 0.4) is 0 Å². The summed E-state index contributed by atoms with van der Waals surface area (Å²) < 4.78 is 5.12. The van der Waals surface area contributed by atoms with Crippen molar-refractivity contribution in [2.24, 2.45) is 0 Å². The lowest BCUT2D eigenvalue weighted by atomic mass is 10.1. The number of aromatic nitrogens is 1. The van der Waals surface area contributed by atoms with E-state index in [4.69, 9.17) is 16.3 Å². The van der Waals surface area contributed by atoms with Crippen LogP contribution in [0.1, 0.15) is 54.2 Å². The minimum Gasteiger partial charge on any atom is -0.449 e. The second kappa shape index (κ2) is 8.29. The topological polar surface area (TPSA) is 97.4 Å². The number of aryl methyl sites for hydroxylation is 2. The first-order valence-corrected chi connectivity index (χ1v) is 8.61. The van der Waals surface area contributed by atoms with Gasteiger partial charge in [-0.3, -0.25) is 10.1 Å². The highest BCUT2D eigenvalue weighted by Gasteiger charge is 2.25. The number of pyridine rings is 1. The molecule has 8 heteroatoms. The minimum absolute atomic E-state index is 0.0223. The van der Waals surface area contributed by atoms with Gasteiger partial charge in [0.1, 0.15) is 5.15 Å². The van der Waals surface area contributed by atoms with E-state index in [2.05, 4.69) is 15.6 Å². The summed E-state index contributed by atoms with van der Waals surface area (Å²) in [6.07, 6.45) is 2.81. The van der Waals surface area contributed by atoms with Crippen molar-refractivity contribution in [3.63, 3.8) is 0 Å². The van der Waals surface area contributed by atoms with Crippen molar-refractivity contribution in [3.05, 3.63) is 28.0 Å². The molecule has 3 amide bonds. The number of halogens is 1. The summed E-state index contributed by atoms with van der Waals surface area (Å²) in [6, 6.07) is 1.21. The van der Waals surface area contributed by atoms with Gasteiger partial charge in [0.05, 0.1) is 5.56 Å². The van der Waals surface area contributed by atoms with Crippen LogP contribution >= 0.6 is 11.6 Å². The van der Waals surface area contributed by atoms with Crippen molar-refractivity contribution >= 4 is 29.5 Å². The predicted octanol–water partition coefficient (Wildman–Crippen LogP) is 2.67. The van der Waals surface area contributed by atoms with Crippen molar-refractivity contribution in [1.82, 2.24) is 15.6 Å². The number of imide groups is 1. The van der Waals surface area contributed by atoms with E-state index in [1.807, 2.05) is 0 Å². The van der Waals surface area contributed by atoms with Crippen molar-refractivity contribution in [2.75, 3.05) is 0 Å². The molecule has 0 spiro atoms. The molecule has 0 unspecified atom stereocenters. The van der Waals surface area contributed by atoms with Crippen LogP contribution in [0.4, 0.5) is 4.79 Å². The monoisotopic (exact) mass is 367 g/mol. The van der Waals surface area contributed by atoms with Crippen molar-refractivity contribution in [2.45, 2.75) is 58.6 Å². The maximum absolute atomic E-state index is 12.2. The van der Waals surface area contributed by atoms with E-state index < -0.39 is 24.0 Å². The average molecular weight is 368 g/mol. The van der Waals surface area contributed by atoms with Crippen LogP contribution in [0.5, 0.6) is 0 Å². The van der Waals surface area contributed by atoms with Gasteiger partial charge in [-0.05, 0) is 45.2 Å². The van der Waals surface area contributed by atoms with Gasteiger partial charge in [0, 0.05) is 11.7 Å². The van der Waals surface area contributed by atoms with Gasteiger partial charge in [0.2, 0.25) is 0 Å². The fourth-order valence-electron chi connectivity index (χ4n) is 2.81. The highest BCUT2D eigenvalue weighted by molar-refractivity contribution is 6.32. The van der Waals surface area contributed by atoms with Gasteiger partial charge in [-0.15, -0.1) is 0 Å². The number of carbonyl (C=O) groups is 3. The van der Waals surface area contributed by atoms with E-state index in [0.717, 1.165) is 25.7 Å². The zero-order valence-electron chi connectivity index (χ0n) is 14.5. The molecule has 7 nitrogen and oxygen atoms in total. The molecule has 2 rings (SSSR count). The van der Waals surface area contributed by atoms with Gasteiger partial charge in [0.25, 0.3) is 5.91 Å². The molecular formula is C17H22ClN3O4. The second-order valence-electron chi connectivity index (χ2n) is 6.24. The molecule has 2 N–H and O–H groups in total. The first kappa shape index (κ1) is 19.2. The number of ether oxygens (including phenoxy) is 1. The molecule has 1 fully saturated rings. The standard InChI is InChI=1S/C17H22ClN3O4/c1-9-8-10(2)19-14(18)13(9)16(23)25-11(3)15(22)21-17(24)20-12-6-4-5-7-12/h8,11-12H,4-7H2,1-3H3,(H2,20,21,22,24)/t11-/m0/s1. The van der Waals surface area contributed by atoms with Crippen LogP contribution in [0.15, 0.2) is 6.07 Å². The molecule has 1 aliphatic rings. The van der Waals surface area contributed by atoms with Gasteiger partial charge in [-0.25, -0.2) is 14.6 Å². The molecule has 0 aromatic carbocycles. The van der Waals surface area contributed by atoms with Crippen molar-refractivity contribution in [1.29, 1.82) is 0 Å². The molecule has 0 saturated heterocycles. The first-order valence-electron chi connectivity index (χ1n) is 8.24. The Morgan fingerprint density at radius 1 is 1.28 bits per heavy atom. The van der Waals surface area contributed by atoms with Gasteiger partial charge < -0.3 is 10.1 Å². The molecule has 1 saturated carbocycles. The molecule has 1 heterocycles. The van der Waals surface area contributed by atoms with E-state index >= 15 is 0 Å². The molecule has 0 radical (unpaired) electrons. The molecule has 136 valence electrons. The third kappa shape index (κ3) is 5.16. The molecule has 1 aliphatic carbocycles. The summed E-state index contributed by atoms with van der Waals surface area (Å²) in [5, 5.41) is 4.94. The SMILES string of the molecule is Cc1cc(C)c(C(=O)O[C@@H](C)C(=O)NC(=O)NC2CCCC2)c(Cl)n1. The van der Waals surface area contributed by atoms with Crippen LogP contribution in [-0.2, 0) is 9.53 Å². The average Bonchev–Trinajstić information content (AvgIpc) is 2.98. The molecule has 1 aromatic rings. The number of rotatable bonds is 4. The first-order chi connectivity index (χ1) is 11.8. The Hall–Kier alpha value is -2.15. The number of hydrogen-bond donors (Lipinski definition) is 2. The highest BCUT2D eigenvalue weighted by Crippen LogP contribution is 2.20. The van der Waals surface area contributed by atoms with Crippen molar-refractivity contribution < 1.29 is 19.1 Å². The fourth-order valence-corrected chi connectivity index (χ4v) is 3.17. The number of esters is 1. The third-order valence-corrected chi connectivity index (χ3v) is 4.36. The Labute approximate surface area is 151 Å². The van der Waals surface area contributed by atoms with E-state index in [-0.39, 0.29) is 16.8 Å². The number of amides is 3. The molecule has 1 aromatic heterocycles. The largest absolute Gasteiger partial charge is 0.449 e. The van der Waals surface area contributed by atoms with Crippen LogP contribution < -0.4 is 10.6 Å². The number of nitrogens with one attached hydrogen (secondary N) is 2. The normalized spacial score (nSPS) is 15.5. The quantitative estimate of drug-likeness (QED) is 0.629. The molecular weight excluding hydrogens is 346 g/mol. The van der Waals surface area contributed by atoms with Crippen LogP contribution in [-0.4, -0.2) is 35.0 Å². The Bertz CT molecular complexity index is 663. The lowest BCUT2D eigenvalue weighted by Gasteiger charge is -2.16. The van der Waals surface area contributed by atoms with E-state index in [1.54, 1.807) is 19.9 Å². The molecule has 25 heavy (non-hydrogen) atoms. The summed E-state index contributed by atoms with van der Waals surface area (Å²) in [7, 11) is 0. The second-order valence-corrected chi connectivity index (χ2v) is 6.60. The molecule has 0 aliphatic heterocycles. The molecule has 1 atom stereocenters. The van der Waals surface area contributed by atoms with Gasteiger partial charge in [-0.2, -0.15) is 0 Å². The molecule has 0 bridgehead atoms. The van der Waals surface area contributed by atoms with Gasteiger partial charge >= 0.3 is 12.0 Å². The number of carbonyl (C=O) groups excluding carboxylic acids is 3. The van der Waals surface area contributed by atoms with Crippen LogP contribution in [0, 0.1) is 13.8 Å². The number of nitrogens with zero attached hydrogens (tertiary/aromatic N) is 1. The smallest absolute Gasteiger partial charge is 0.342 e. The fraction of sp³-hybridized carbons (Fsp3) is 0.529. The summed E-state index contributed by atoms with van der Waals surface area (Å²) in [6.45, 7) is 4.85. The Balaban J connectivity index is 1.92. The summed E-state index contributed by atoms with van der Waals surface area (Å²) in [5.74, 6) is -1.45. The lowest BCUT2D eigenvalue weighted by Crippen LogP contribution is -2.47. The summed E-state index contributed by atoms with van der Waals surface area (Å²) in [5.41, 5.74) is 1.39. The van der Waals surface area contributed by atoms with E-state index in [1.165, 1.54) is 6.92 Å². The third-order valence-electron chi connectivity index (χ3n) is 4.08. The Kier molecular flexibility index (Phi) is 6.36. The zero-order chi connectivity index (χ0) is 18.6. The Morgan fingerprint density at radius 3 is 2.52 bits per heavy atom. The number of hydrogen-bond acceptors (Lipinski definition) is 5. The summed E-state index contributed by atoms with van der Waals surface area (Å²) >= 11 is 6.00. The maximum Gasteiger partial charge on any atom is 0.342 e. The van der Waals surface area contributed by atoms with Crippen molar-refractivity contribution in [3.8, 4) is 0 Å². The van der Waals surface area contributed by atoms with E-state index in [0.29, 0.717) is 11.3 Å². The minimum atomic E-state index is -1.14. The highest BCUT2D eigenvalue weighted by atomic mass is 35.5. The van der Waals surface area contributed by atoms with E-state index in [9.17, 15) is 14.4 Å². The van der Waals surface area contributed by atoms with Crippen LogP contribution in [0.2, 0.25) is 5.15 Å². The summed E-state index contributed by atoms with van der Waals surface area (Å²) in [4.78, 5) is 40.1. The maximum atomic E-state index is 12.2. The van der Waals surface area contributed by atoms with Gasteiger partial charge in [-0.1, -0.05) is 24.4 Å². The zero-order valence-corrected chi connectivity index (χ0v) is 15.3. The lowest BCUT2D eigenvalue weighted by molar-refractivity contribution is -0.127. The Morgan fingerprint density at radius 2 is 1.92 bits per heavy atom. The predicted molar refractivity (Wildman–Crippen MR) is 92.5 cm³/mol. The number of urea groups is 1. The van der Waals surface area contributed by atoms with Crippen LogP contribution in [0.25, 0.3) is 0 Å². The van der Waals surface area contributed by atoms with Gasteiger partial charge in [0.15, 0.2) is 6.10 Å².